The maximum Gasteiger partial charge on any atom is 0.416 e. The largest absolute Gasteiger partial charge is 0.416 e. The van der Waals surface area contributed by atoms with Gasteiger partial charge in [-0.25, -0.2) is 4.99 Å². The summed E-state index contributed by atoms with van der Waals surface area (Å²) in [5.41, 5.74) is 0.0961. The van der Waals surface area contributed by atoms with Gasteiger partial charge in [-0.05, 0) is 30.5 Å². The van der Waals surface area contributed by atoms with E-state index in [4.69, 9.17) is 4.74 Å². The van der Waals surface area contributed by atoms with Crippen LogP contribution in [0.4, 0.5) is 13.2 Å². The Morgan fingerprint density at radius 2 is 1.85 bits per heavy atom. The number of hydrogen-bond donors (Lipinski definition) is 2. The summed E-state index contributed by atoms with van der Waals surface area (Å²) in [6.45, 7) is 10.5. The van der Waals surface area contributed by atoms with E-state index in [-0.39, 0.29) is 0 Å². The first-order valence-corrected chi connectivity index (χ1v) is 9.37. The molecule has 1 saturated heterocycles. The second kappa shape index (κ2) is 10.5. The van der Waals surface area contributed by atoms with Gasteiger partial charge in [0, 0.05) is 32.7 Å². The molecule has 1 unspecified atom stereocenters. The lowest BCUT2D eigenvalue weighted by atomic mass is 10.1. The molecule has 0 bridgehead atoms. The fraction of sp³-hybridized carbons (Fsp3) is 0.632. The second-order valence-electron chi connectivity index (χ2n) is 6.79. The Bertz CT molecular complexity index is 584. The van der Waals surface area contributed by atoms with Crippen molar-refractivity contribution in [2.75, 3.05) is 45.9 Å². The van der Waals surface area contributed by atoms with Crippen LogP contribution in [0.2, 0.25) is 0 Å². The predicted molar refractivity (Wildman–Crippen MR) is 101 cm³/mol. The summed E-state index contributed by atoms with van der Waals surface area (Å²) < 4.78 is 43.2. The number of morpholine rings is 1. The zero-order valence-corrected chi connectivity index (χ0v) is 16.0. The van der Waals surface area contributed by atoms with E-state index in [1.54, 1.807) is 0 Å². The van der Waals surface area contributed by atoms with Crippen LogP contribution in [-0.4, -0.2) is 56.8 Å². The van der Waals surface area contributed by atoms with Crippen molar-refractivity contribution in [3.05, 3.63) is 35.4 Å². The van der Waals surface area contributed by atoms with Crippen LogP contribution in [0.1, 0.15) is 25.0 Å². The predicted octanol–water partition coefficient (Wildman–Crippen LogP) is 2.73. The van der Waals surface area contributed by atoms with Crippen molar-refractivity contribution >= 4 is 5.96 Å². The fourth-order valence-corrected chi connectivity index (χ4v) is 2.87. The molecular weight excluding hydrogens is 357 g/mol. The molecule has 1 heterocycles. The van der Waals surface area contributed by atoms with Crippen LogP contribution in [0.5, 0.6) is 0 Å². The molecule has 0 saturated carbocycles. The SMILES string of the molecule is CCNC(=NCc1ccc(C(F)(F)F)cc1)NCC(C)CN1CCOCC1. The number of guanidine groups is 1. The number of nitrogens with zero attached hydrogens (tertiary/aromatic N) is 2. The van der Waals surface area contributed by atoms with Crippen molar-refractivity contribution < 1.29 is 17.9 Å². The quantitative estimate of drug-likeness (QED) is 0.559. The Kier molecular flexibility index (Phi) is 8.37. The molecule has 0 amide bonds. The number of halogens is 3. The Morgan fingerprint density at radius 1 is 1.19 bits per heavy atom. The number of rotatable bonds is 7. The molecule has 1 aliphatic heterocycles. The van der Waals surface area contributed by atoms with Crippen LogP contribution in [0, 0.1) is 5.92 Å². The van der Waals surface area contributed by atoms with E-state index in [9.17, 15) is 13.2 Å². The van der Waals surface area contributed by atoms with E-state index in [0.29, 0.717) is 18.4 Å². The molecule has 152 valence electrons. The van der Waals surface area contributed by atoms with E-state index in [1.807, 2.05) is 6.92 Å². The highest BCUT2D eigenvalue weighted by Gasteiger charge is 2.29. The summed E-state index contributed by atoms with van der Waals surface area (Å²) in [6.07, 6.45) is -4.31. The zero-order chi connectivity index (χ0) is 19.7. The van der Waals surface area contributed by atoms with Gasteiger partial charge in [-0.1, -0.05) is 19.1 Å². The van der Waals surface area contributed by atoms with Gasteiger partial charge in [0.15, 0.2) is 5.96 Å². The summed E-state index contributed by atoms with van der Waals surface area (Å²) in [7, 11) is 0. The highest BCUT2D eigenvalue weighted by molar-refractivity contribution is 5.79. The Balaban J connectivity index is 1.84. The van der Waals surface area contributed by atoms with Crippen LogP contribution >= 0.6 is 0 Å². The molecule has 0 aromatic heterocycles. The third-order valence-corrected chi connectivity index (χ3v) is 4.34. The van der Waals surface area contributed by atoms with E-state index in [2.05, 4.69) is 27.4 Å². The molecule has 2 rings (SSSR count). The van der Waals surface area contributed by atoms with Gasteiger partial charge in [-0.2, -0.15) is 13.2 Å². The standard InChI is InChI=1S/C19H29F3N4O/c1-3-23-18(24-12-15(2)14-26-8-10-27-11-9-26)25-13-16-4-6-17(7-5-16)19(20,21)22/h4-7,15H,3,8-14H2,1-2H3,(H2,23,24,25). The number of nitrogens with one attached hydrogen (secondary N) is 2. The van der Waals surface area contributed by atoms with E-state index in [0.717, 1.165) is 63.6 Å². The third-order valence-electron chi connectivity index (χ3n) is 4.34. The topological polar surface area (TPSA) is 48.9 Å². The number of alkyl halides is 3. The highest BCUT2D eigenvalue weighted by atomic mass is 19.4. The summed E-state index contributed by atoms with van der Waals surface area (Å²) in [4.78, 5) is 6.86. The first-order valence-electron chi connectivity index (χ1n) is 9.37. The van der Waals surface area contributed by atoms with E-state index >= 15 is 0 Å². The van der Waals surface area contributed by atoms with Gasteiger partial charge in [-0.3, -0.25) is 4.90 Å². The Labute approximate surface area is 159 Å². The first kappa shape index (κ1) is 21.5. The van der Waals surface area contributed by atoms with Crippen LogP contribution in [-0.2, 0) is 17.5 Å². The molecule has 2 N–H and O–H groups in total. The van der Waals surface area contributed by atoms with Crippen molar-refractivity contribution in [2.45, 2.75) is 26.6 Å². The number of ether oxygens (including phenoxy) is 1. The molecule has 1 atom stereocenters. The second-order valence-corrected chi connectivity index (χ2v) is 6.79. The van der Waals surface area contributed by atoms with Gasteiger partial charge < -0.3 is 15.4 Å². The van der Waals surface area contributed by atoms with Crippen molar-refractivity contribution in [1.82, 2.24) is 15.5 Å². The van der Waals surface area contributed by atoms with Gasteiger partial charge >= 0.3 is 6.18 Å². The van der Waals surface area contributed by atoms with E-state index < -0.39 is 11.7 Å². The minimum absolute atomic E-state index is 0.325. The normalized spacial score (nSPS) is 17.6. The summed E-state index contributed by atoms with van der Waals surface area (Å²) in [5, 5.41) is 6.49. The lowest BCUT2D eigenvalue weighted by Gasteiger charge is -2.29. The van der Waals surface area contributed by atoms with Crippen LogP contribution in [0.25, 0.3) is 0 Å². The molecule has 1 aromatic carbocycles. The van der Waals surface area contributed by atoms with Crippen molar-refractivity contribution in [3.63, 3.8) is 0 Å². The smallest absolute Gasteiger partial charge is 0.379 e. The molecule has 8 heteroatoms. The van der Waals surface area contributed by atoms with Gasteiger partial charge in [0.2, 0.25) is 0 Å². The molecular formula is C19H29F3N4O. The minimum Gasteiger partial charge on any atom is -0.379 e. The van der Waals surface area contributed by atoms with Gasteiger partial charge in [0.05, 0.1) is 25.3 Å². The zero-order valence-electron chi connectivity index (χ0n) is 16.0. The van der Waals surface area contributed by atoms with Crippen molar-refractivity contribution in [1.29, 1.82) is 0 Å². The van der Waals surface area contributed by atoms with E-state index in [1.165, 1.54) is 12.1 Å². The molecule has 27 heavy (non-hydrogen) atoms. The lowest BCUT2D eigenvalue weighted by molar-refractivity contribution is -0.137. The van der Waals surface area contributed by atoms with Crippen LogP contribution in [0.15, 0.2) is 29.3 Å². The van der Waals surface area contributed by atoms with Crippen molar-refractivity contribution in [2.24, 2.45) is 10.9 Å². The van der Waals surface area contributed by atoms with Crippen molar-refractivity contribution in [3.8, 4) is 0 Å². The highest BCUT2D eigenvalue weighted by Crippen LogP contribution is 2.29. The molecule has 5 nitrogen and oxygen atoms in total. The molecule has 0 spiro atoms. The Hall–Kier alpha value is -1.80. The Morgan fingerprint density at radius 3 is 2.44 bits per heavy atom. The lowest BCUT2D eigenvalue weighted by Crippen LogP contribution is -2.44. The number of benzene rings is 1. The average Bonchev–Trinajstić information content (AvgIpc) is 2.64. The van der Waals surface area contributed by atoms with Crippen LogP contribution < -0.4 is 10.6 Å². The average molecular weight is 386 g/mol. The van der Waals surface area contributed by atoms with Gasteiger partial charge in [-0.15, -0.1) is 0 Å². The van der Waals surface area contributed by atoms with Gasteiger partial charge in [0.25, 0.3) is 0 Å². The monoisotopic (exact) mass is 386 g/mol. The maximum absolute atomic E-state index is 12.6. The molecule has 1 aliphatic rings. The molecule has 0 aliphatic carbocycles. The van der Waals surface area contributed by atoms with Gasteiger partial charge in [0.1, 0.15) is 0 Å². The third kappa shape index (κ3) is 7.76. The summed E-state index contributed by atoms with van der Waals surface area (Å²) >= 11 is 0. The number of hydrogen-bond acceptors (Lipinski definition) is 3. The number of aliphatic imine (C=N–C) groups is 1. The summed E-state index contributed by atoms with van der Waals surface area (Å²) in [5.74, 6) is 1.12. The molecule has 0 radical (unpaired) electrons. The maximum atomic E-state index is 12.6. The molecule has 1 fully saturated rings. The summed E-state index contributed by atoms with van der Waals surface area (Å²) in [6, 6.07) is 5.12. The molecule has 1 aromatic rings. The fourth-order valence-electron chi connectivity index (χ4n) is 2.87. The first-order chi connectivity index (χ1) is 12.9. The minimum atomic E-state index is -4.31. The van der Waals surface area contributed by atoms with Crippen LogP contribution in [0.3, 0.4) is 0 Å².